The summed E-state index contributed by atoms with van der Waals surface area (Å²) in [4.78, 5) is 11.0. The van der Waals surface area contributed by atoms with E-state index in [1.165, 1.54) is 0 Å². The minimum absolute atomic E-state index is 0.697. The molecule has 1 aliphatic heterocycles. The van der Waals surface area contributed by atoms with E-state index in [2.05, 4.69) is 42.9 Å². The number of benzene rings is 1. The van der Waals surface area contributed by atoms with Gasteiger partial charge >= 0.3 is 0 Å². The molecule has 1 aromatic carbocycles. The Kier molecular flexibility index (Phi) is 7.18. The monoisotopic (exact) mass is 497 g/mol. The molecule has 3 heterocycles. The predicted octanol–water partition coefficient (Wildman–Crippen LogP) is 5.70. The standard InChI is InChI=1S/C25H25BrClN3O/c26-24-17-19(9-13-29-24)23(20-3-1-12-28-18-20)4-2-14-30-15-10-25(31,11-16-30)21-5-7-22(27)8-6-21/h1,3-9,12-13,17-18,31H,2,10-11,14-16H2. The lowest BCUT2D eigenvalue weighted by Gasteiger charge is -2.38. The summed E-state index contributed by atoms with van der Waals surface area (Å²) in [6.07, 6.45) is 10.1. The molecule has 1 fully saturated rings. The minimum Gasteiger partial charge on any atom is -0.385 e. The number of pyridine rings is 2. The molecule has 2 aromatic heterocycles. The van der Waals surface area contributed by atoms with Gasteiger partial charge in [0.15, 0.2) is 0 Å². The predicted molar refractivity (Wildman–Crippen MR) is 129 cm³/mol. The SMILES string of the molecule is OC1(c2ccc(Cl)cc2)CCN(CCC=C(c2cccnc2)c2ccnc(Br)c2)CC1. The fourth-order valence-electron chi connectivity index (χ4n) is 4.08. The van der Waals surface area contributed by atoms with Crippen LogP contribution in [0.15, 0.2) is 77.8 Å². The van der Waals surface area contributed by atoms with E-state index in [4.69, 9.17) is 11.6 Å². The Hall–Kier alpha value is -2.05. The minimum atomic E-state index is -0.763. The topological polar surface area (TPSA) is 49.2 Å². The highest BCUT2D eigenvalue weighted by Gasteiger charge is 2.33. The maximum Gasteiger partial charge on any atom is 0.106 e. The summed E-state index contributed by atoms with van der Waals surface area (Å²) in [5.41, 5.74) is 3.56. The van der Waals surface area contributed by atoms with Crippen molar-refractivity contribution in [2.45, 2.75) is 24.9 Å². The lowest BCUT2D eigenvalue weighted by molar-refractivity contribution is -0.0254. The Morgan fingerprint density at radius 3 is 2.55 bits per heavy atom. The molecule has 0 unspecified atom stereocenters. The van der Waals surface area contributed by atoms with Gasteiger partial charge < -0.3 is 10.0 Å². The third-order valence-corrected chi connectivity index (χ3v) is 6.55. The molecule has 4 nitrogen and oxygen atoms in total. The molecule has 1 saturated heterocycles. The molecule has 31 heavy (non-hydrogen) atoms. The number of hydrogen-bond acceptors (Lipinski definition) is 4. The maximum absolute atomic E-state index is 11.1. The van der Waals surface area contributed by atoms with E-state index in [0.717, 1.165) is 65.8 Å². The van der Waals surface area contributed by atoms with Crippen LogP contribution in [0.1, 0.15) is 36.0 Å². The molecule has 0 amide bonds. The molecule has 0 aliphatic carbocycles. The molecule has 0 radical (unpaired) electrons. The molecule has 0 bridgehead atoms. The first-order chi connectivity index (χ1) is 15.0. The van der Waals surface area contributed by atoms with E-state index < -0.39 is 5.60 Å². The number of halogens is 2. The van der Waals surface area contributed by atoms with Gasteiger partial charge in [-0.15, -0.1) is 0 Å². The third kappa shape index (κ3) is 5.60. The summed E-state index contributed by atoms with van der Waals surface area (Å²) >= 11 is 9.47. The zero-order valence-electron chi connectivity index (χ0n) is 17.2. The summed E-state index contributed by atoms with van der Waals surface area (Å²) in [7, 11) is 0. The summed E-state index contributed by atoms with van der Waals surface area (Å²) in [5.74, 6) is 0. The lowest BCUT2D eigenvalue weighted by atomic mass is 9.84. The van der Waals surface area contributed by atoms with Crippen molar-refractivity contribution in [2.75, 3.05) is 19.6 Å². The number of hydrogen-bond donors (Lipinski definition) is 1. The quantitative estimate of drug-likeness (QED) is 0.443. The lowest BCUT2D eigenvalue weighted by Crippen LogP contribution is -2.42. The van der Waals surface area contributed by atoms with Crippen molar-refractivity contribution >= 4 is 33.1 Å². The molecule has 1 aliphatic rings. The Labute approximate surface area is 196 Å². The first-order valence-electron chi connectivity index (χ1n) is 10.5. The van der Waals surface area contributed by atoms with E-state index in [1.54, 1.807) is 6.20 Å². The molecule has 4 rings (SSSR count). The Balaban J connectivity index is 1.41. The average Bonchev–Trinajstić information content (AvgIpc) is 2.79. The van der Waals surface area contributed by atoms with Crippen LogP contribution in [0.5, 0.6) is 0 Å². The van der Waals surface area contributed by atoms with Gasteiger partial charge in [0.1, 0.15) is 4.60 Å². The molecule has 0 saturated carbocycles. The number of likely N-dealkylation sites (tertiary alicyclic amines) is 1. The first kappa shape index (κ1) is 22.2. The normalized spacial score (nSPS) is 16.9. The van der Waals surface area contributed by atoms with Crippen LogP contribution in [0.3, 0.4) is 0 Å². The van der Waals surface area contributed by atoms with Gasteiger partial charge in [0.2, 0.25) is 0 Å². The van der Waals surface area contributed by atoms with Gasteiger partial charge in [-0.1, -0.05) is 35.9 Å². The van der Waals surface area contributed by atoms with Crippen molar-refractivity contribution in [1.82, 2.24) is 14.9 Å². The molecule has 3 aromatic rings. The van der Waals surface area contributed by atoms with Crippen LogP contribution in [-0.2, 0) is 5.60 Å². The van der Waals surface area contributed by atoms with E-state index in [0.29, 0.717) is 5.02 Å². The van der Waals surface area contributed by atoms with Crippen molar-refractivity contribution in [3.05, 3.63) is 99.5 Å². The van der Waals surface area contributed by atoms with E-state index in [1.807, 2.05) is 54.9 Å². The van der Waals surface area contributed by atoms with Gasteiger partial charge in [-0.3, -0.25) is 4.98 Å². The van der Waals surface area contributed by atoms with Gasteiger partial charge in [-0.05, 0) is 82.2 Å². The highest BCUT2D eigenvalue weighted by Crippen LogP contribution is 2.33. The smallest absolute Gasteiger partial charge is 0.106 e. The van der Waals surface area contributed by atoms with Crippen molar-refractivity contribution in [2.24, 2.45) is 0 Å². The third-order valence-electron chi connectivity index (χ3n) is 5.87. The van der Waals surface area contributed by atoms with Gasteiger partial charge in [-0.25, -0.2) is 4.98 Å². The number of nitrogens with zero attached hydrogens (tertiary/aromatic N) is 3. The second-order valence-corrected chi connectivity index (χ2v) is 9.14. The molecule has 0 spiro atoms. The summed E-state index contributed by atoms with van der Waals surface area (Å²) in [5, 5.41) is 11.8. The molecule has 6 heteroatoms. The zero-order chi connectivity index (χ0) is 21.7. The number of aliphatic hydroxyl groups is 1. The van der Waals surface area contributed by atoms with E-state index in [9.17, 15) is 5.11 Å². The average molecular weight is 499 g/mol. The van der Waals surface area contributed by atoms with Crippen LogP contribution in [0.25, 0.3) is 5.57 Å². The number of aromatic nitrogens is 2. The van der Waals surface area contributed by atoms with Gasteiger partial charge in [0.25, 0.3) is 0 Å². The van der Waals surface area contributed by atoms with Gasteiger partial charge in [0, 0.05) is 48.8 Å². The highest BCUT2D eigenvalue weighted by atomic mass is 79.9. The molecular weight excluding hydrogens is 474 g/mol. The van der Waals surface area contributed by atoms with Crippen LogP contribution in [0.4, 0.5) is 0 Å². The number of piperidine rings is 1. The van der Waals surface area contributed by atoms with Crippen molar-refractivity contribution < 1.29 is 5.11 Å². The molecule has 160 valence electrons. The zero-order valence-corrected chi connectivity index (χ0v) is 19.6. The Morgan fingerprint density at radius 2 is 1.87 bits per heavy atom. The van der Waals surface area contributed by atoms with Crippen LogP contribution in [0.2, 0.25) is 5.02 Å². The van der Waals surface area contributed by atoms with Crippen molar-refractivity contribution in [3.8, 4) is 0 Å². The second kappa shape index (κ2) is 10.0. The fraction of sp³-hybridized carbons (Fsp3) is 0.280. The van der Waals surface area contributed by atoms with Gasteiger partial charge in [0.05, 0.1) is 5.60 Å². The largest absolute Gasteiger partial charge is 0.385 e. The molecule has 0 atom stereocenters. The van der Waals surface area contributed by atoms with E-state index >= 15 is 0 Å². The Bertz CT molecular complexity index is 1030. The first-order valence-corrected chi connectivity index (χ1v) is 11.6. The van der Waals surface area contributed by atoms with Crippen LogP contribution in [-0.4, -0.2) is 39.6 Å². The Morgan fingerprint density at radius 1 is 1.10 bits per heavy atom. The summed E-state index contributed by atoms with van der Waals surface area (Å²) < 4.78 is 0.817. The van der Waals surface area contributed by atoms with Crippen LogP contribution >= 0.6 is 27.5 Å². The van der Waals surface area contributed by atoms with Gasteiger partial charge in [-0.2, -0.15) is 0 Å². The van der Waals surface area contributed by atoms with E-state index in [-0.39, 0.29) is 0 Å². The molecule has 1 N–H and O–H groups in total. The second-order valence-electron chi connectivity index (χ2n) is 7.90. The van der Waals surface area contributed by atoms with Crippen molar-refractivity contribution in [3.63, 3.8) is 0 Å². The number of rotatable bonds is 6. The van der Waals surface area contributed by atoms with Crippen LogP contribution < -0.4 is 0 Å². The van der Waals surface area contributed by atoms with Crippen molar-refractivity contribution in [1.29, 1.82) is 0 Å². The summed E-state index contributed by atoms with van der Waals surface area (Å²) in [6.45, 7) is 2.69. The fourth-order valence-corrected chi connectivity index (χ4v) is 4.57. The highest BCUT2D eigenvalue weighted by molar-refractivity contribution is 9.10. The van der Waals surface area contributed by atoms with Crippen LogP contribution in [0, 0.1) is 0 Å². The maximum atomic E-state index is 11.1. The summed E-state index contributed by atoms with van der Waals surface area (Å²) in [6, 6.07) is 15.7. The molecular formula is C25H25BrClN3O.